The van der Waals surface area contributed by atoms with E-state index in [1.54, 1.807) is 36.5 Å². The van der Waals surface area contributed by atoms with Gasteiger partial charge in [0.15, 0.2) is 11.3 Å². The molecule has 37 heavy (non-hydrogen) atoms. The Labute approximate surface area is 225 Å². The van der Waals surface area contributed by atoms with Gasteiger partial charge in [-0.2, -0.15) is 15.8 Å². The van der Waals surface area contributed by atoms with Crippen LogP contribution in [0.1, 0.15) is 50.8 Å². The lowest BCUT2D eigenvalue weighted by atomic mass is 9.99. The van der Waals surface area contributed by atoms with Crippen molar-refractivity contribution in [3.8, 4) is 18.2 Å². The Morgan fingerprint density at radius 1 is 1.08 bits per heavy atom. The zero-order chi connectivity index (χ0) is 27.4. The topological polar surface area (TPSA) is 93.1 Å². The van der Waals surface area contributed by atoms with E-state index in [4.69, 9.17) is 20.0 Å². The fourth-order valence-electron chi connectivity index (χ4n) is 3.93. The van der Waals surface area contributed by atoms with E-state index >= 15 is 0 Å². The van der Waals surface area contributed by atoms with Crippen LogP contribution in [0.25, 0.3) is 12.2 Å². The minimum atomic E-state index is -0.231. The van der Waals surface area contributed by atoms with Gasteiger partial charge in [0.05, 0.1) is 18.8 Å². The summed E-state index contributed by atoms with van der Waals surface area (Å²) in [4.78, 5) is 4.53. The number of methoxy groups -OCH3 is 1. The van der Waals surface area contributed by atoms with Gasteiger partial charge in [-0.05, 0) is 76.2 Å². The smallest absolute Gasteiger partial charge is 0.172 e. The van der Waals surface area contributed by atoms with Gasteiger partial charge in [-0.1, -0.05) is 32.1 Å². The standard InChI is InChI=1S/C30H34N4O2S/c1-7-34(8-2)25-12-10-23(29(17-25)36-21(3)4)11-14-27-16-15-26(37-27)13-9-22(5)28(20-33)30(35-6)24(18-31)19-32/h9-11,13-17,21,25H,7-8,12H2,1-6H3/b13-9+,14-11+,28-22+. The molecule has 1 aromatic rings. The molecule has 0 spiro atoms. The number of rotatable bonds is 11. The fraction of sp³-hybridized carbons (Fsp3) is 0.367. The number of allylic oxidation sites excluding steroid dienone is 5. The lowest BCUT2D eigenvalue weighted by Crippen LogP contribution is -2.35. The molecule has 1 aliphatic carbocycles. The summed E-state index contributed by atoms with van der Waals surface area (Å²) in [6, 6.07) is 10.00. The average molecular weight is 515 g/mol. The number of nitriles is 3. The van der Waals surface area contributed by atoms with E-state index in [0.29, 0.717) is 11.6 Å². The number of ether oxygens (including phenoxy) is 2. The molecule has 1 aromatic heterocycles. The van der Waals surface area contributed by atoms with Crippen molar-refractivity contribution in [3.63, 3.8) is 0 Å². The van der Waals surface area contributed by atoms with Crippen LogP contribution in [0.2, 0.25) is 0 Å². The van der Waals surface area contributed by atoms with E-state index in [1.165, 1.54) is 7.11 Å². The van der Waals surface area contributed by atoms with Crippen LogP contribution >= 0.6 is 11.3 Å². The predicted octanol–water partition coefficient (Wildman–Crippen LogP) is 6.91. The van der Waals surface area contributed by atoms with Crippen molar-refractivity contribution < 1.29 is 9.47 Å². The summed E-state index contributed by atoms with van der Waals surface area (Å²) in [5.74, 6) is 0.910. The molecule has 6 nitrogen and oxygen atoms in total. The van der Waals surface area contributed by atoms with E-state index in [-0.39, 0.29) is 23.0 Å². The Balaban J connectivity index is 2.24. The Kier molecular flexibility index (Phi) is 11.7. The summed E-state index contributed by atoms with van der Waals surface area (Å²) in [5.41, 5.74) is 1.61. The van der Waals surface area contributed by atoms with Gasteiger partial charge in [-0.25, -0.2) is 0 Å². The van der Waals surface area contributed by atoms with Gasteiger partial charge in [0.2, 0.25) is 0 Å². The van der Waals surface area contributed by atoms with Gasteiger partial charge in [0.25, 0.3) is 0 Å². The Bertz CT molecular complexity index is 1250. The van der Waals surface area contributed by atoms with E-state index in [1.807, 2.05) is 38.1 Å². The zero-order valence-electron chi connectivity index (χ0n) is 22.4. The highest BCUT2D eigenvalue weighted by Gasteiger charge is 2.20. The van der Waals surface area contributed by atoms with Crippen LogP contribution in [0.3, 0.4) is 0 Å². The Morgan fingerprint density at radius 2 is 1.73 bits per heavy atom. The van der Waals surface area contributed by atoms with Crippen molar-refractivity contribution in [2.75, 3.05) is 20.2 Å². The van der Waals surface area contributed by atoms with Crippen molar-refractivity contribution in [3.05, 3.63) is 80.0 Å². The molecule has 0 saturated carbocycles. The van der Waals surface area contributed by atoms with Crippen LogP contribution in [-0.2, 0) is 9.47 Å². The van der Waals surface area contributed by atoms with Gasteiger partial charge in [0, 0.05) is 21.4 Å². The second-order valence-electron chi connectivity index (χ2n) is 8.59. The number of hydrogen-bond acceptors (Lipinski definition) is 7. The normalized spacial score (nSPS) is 16.1. The molecule has 0 amide bonds. The molecule has 1 aliphatic rings. The molecule has 0 aliphatic heterocycles. The first-order valence-electron chi connectivity index (χ1n) is 12.3. The summed E-state index contributed by atoms with van der Waals surface area (Å²) in [6.07, 6.45) is 13.4. The summed E-state index contributed by atoms with van der Waals surface area (Å²) in [7, 11) is 1.34. The third-order valence-corrected chi connectivity index (χ3v) is 6.83. The van der Waals surface area contributed by atoms with Crippen LogP contribution in [0.15, 0.2) is 70.2 Å². The van der Waals surface area contributed by atoms with Gasteiger partial charge < -0.3 is 9.47 Å². The van der Waals surface area contributed by atoms with E-state index in [9.17, 15) is 5.26 Å². The van der Waals surface area contributed by atoms with Crippen molar-refractivity contribution in [1.29, 1.82) is 15.8 Å². The third-order valence-electron chi connectivity index (χ3n) is 5.81. The summed E-state index contributed by atoms with van der Waals surface area (Å²) in [6.45, 7) is 12.2. The summed E-state index contributed by atoms with van der Waals surface area (Å²) < 4.78 is 11.3. The van der Waals surface area contributed by atoms with Crippen molar-refractivity contribution >= 4 is 23.5 Å². The summed E-state index contributed by atoms with van der Waals surface area (Å²) in [5, 5.41) is 27.9. The second kappa shape index (κ2) is 14.7. The van der Waals surface area contributed by atoms with Gasteiger partial charge in [-0.15, -0.1) is 11.3 Å². The van der Waals surface area contributed by atoms with E-state index in [0.717, 1.165) is 40.6 Å². The van der Waals surface area contributed by atoms with Crippen molar-refractivity contribution in [2.45, 2.75) is 53.2 Å². The van der Waals surface area contributed by atoms with Crippen molar-refractivity contribution in [1.82, 2.24) is 4.90 Å². The second-order valence-corrected chi connectivity index (χ2v) is 9.74. The lowest BCUT2D eigenvalue weighted by molar-refractivity contribution is 0.147. The molecule has 0 saturated heterocycles. The minimum Gasteiger partial charge on any atom is -0.493 e. The monoisotopic (exact) mass is 514 g/mol. The van der Waals surface area contributed by atoms with Crippen LogP contribution in [0.5, 0.6) is 0 Å². The first-order chi connectivity index (χ1) is 17.8. The molecule has 0 bridgehead atoms. The van der Waals surface area contributed by atoms with Gasteiger partial charge in [0.1, 0.15) is 24.0 Å². The minimum absolute atomic E-state index is 0.0130. The molecule has 1 unspecified atom stereocenters. The average Bonchev–Trinajstić information content (AvgIpc) is 3.35. The molecule has 0 radical (unpaired) electrons. The van der Waals surface area contributed by atoms with Gasteiger partial charge in [-0.3, -0.25) is 4.90 Å². The van der Waals surface area contributed by atoms with Crippen LogP contribution < -0.4 is 0 Å². The maximum atomic E-state index is 9.58. The number of likely N-dealkylation sites (N-methyl/N-ethyl adjacent to an activating group) is 1. The number of thiophene rings is 1. The van der Waals surface area contributed by atoms with Crippen LogP contribution in [-0.4, -0.2) is 37.2 Å². The molecule has 7 heteroatoms. The molecular formula is C30H34N4O2S. The number of nitrogens with zero attached hydrogens (tertiary/aromatic N) is 4. The first kappa shape index (κ1) is 29.4. The molecule has 0 aromatic carbocycles. The SMILES string of the molecule is CCN(CC)C1C=C(OC(C)C)C(/C=C/c2ccc(/C=C/C(C)=C(\C#N)C(OC)=C(C#N)C#N)s2)=CC1. The Morgan fingerprint density at radius 3 is 2.27 bits per heavy atom. The first-order valence-corrected chi connectivity index (χ1v) is 13.1. The fourth-order valence-corrected chi connectivity index (χ4v) is 4.75. The third kappa shape index (κ3) is 8.09. The zero-order valence-corrected chi connectivity index (χ0v) is 23.2. The highest BCUT2D eigenvalue weighted by atomic mass is 32.1. The summed E-state index contributed by atoms with van der Waals surface area (Å²) >= 11 is 1.62. The maximum absolute atomic E-state index is 9.58. The molecule has 2 rings (SSSR count). The largest absolute Gasteiger partial charge is 0.493 e. The lowest BCUT2D eigenvalue weighted by Gasteiger charge is -2.30. The highest BCUT2D eigenvalue weighted by molar-refractivity contribution is 7.13. The van der Waals surface area contributed by atoms with Crippen LogP contribution in [0.4, 0.5) is 0 Å². The molecular weight excluding hydrogens is 480 g/mol. The van der Waals surface area contributed by atoms with E-state index < -0.39 is 0 Å². The maximum Gasteiger partial charge on any atom is 0.172 e. The van der Waals surface area contributed by atoms with Gasteiger partial charge >= 0.3 is 0 Å². The molecule has 0 N–H and O–H groups in total. The highest BCUT2D eigenvalue weighted by Crippen LogP contribution is 2.28. The molecule has 1 heterocycles. The molecule has 192 valence electrons. The molecule has 1 atom stereocenters. The molecule has 0 fully saturated rings. The van der Waals surface area contributed by atoms with E-state index in [2.05, 4.69) is 43.1 Å². The Hall–Kier alpha value is -3.83. The number of hydrogen-bond donors (Lipinski definition) is 0. The van der Waals surface area contributed by atoms with Crippen LogP contribution in [0, 0.1) is 34.0 Å². The quantitative estimate of drug-likeness (QED) is 0.181. The van der Waals surface area contributed by atoms with Crippen molar-refractivity contribution in [2.24, 2.45) is 0 Å². The predicted molar refractivity (Wildman–Crippen MR) is 150 cm³/mol.